The van der Waals surface area contributed by atoms with Gasteiger partial charge in [-0.1, -0.05) is 54.6 Å². The van der Waals surface area contributed by atoms with Crippen LogP contribution in [0.1, 0.15) is 23.0 Å². The van der Waals surface area contributed by atoms with Crippen LogP contribution in [0.25, 0.3) is 0 Å². The predicted octanol–water partition coefficient (Wildman–Crippen LogP) is 4.11. The highest BCUT2D eigenvalue weighted by molar-refractivity contribution is 5.48. The second-order valence-electron chi connectivity index (χ2n) is 8.42. The average molecular weight is 461 g/mol. The van der Waals surface area contributed by atoms with E-state index < -0.39 is 0 Å². The maximum atomic E-state index is 14.3. The van der Waals surface area contributed by atoms with Crippen LogP contribution in [-0.2, 0) is 13.0 Å². The Kier molecular flexibility index (Phi) is 6.58. The van der Waals surface area contributed by atoms with Gasteiger partial charge in [-0.05, 0) is 52.2 Å². The first-order valence-corrected chi connectivity index (χ1v) is 11.5. The van der Waals surface area contributed by atoms with E-state index in [0.717, 1.165) is 17.8 Å². The van der Waals surface area contributed by atoms with Crippen LogP contribution in [0.5, 0.6) is 0 Å². The van der Waals surface area contributed by atoms with Gasteiger partial charge in [0, 0.05) is 32.7 Å². The number of aromatic nitrogens is 4. The molecule has 2 heterocycles. The molecule has 0 aliphatic carbocycles. The smallest absolute Gasteiger partial charge is 0.173 e. The lowest BCUT2D eigenvalue weighted by atomic mass is 10.0. The van der Waals surface area contributed by atoms with Gasteiger partial charge in [-0.2, -0.15) is 0 Å². The number of tetrazole rings is 1. The number of halogens is 2. The highest BCUT2D eigenvalue weighted by Crippen LogP contribution is 2.30. The Morgan fingerprint density at radius 2 is 1.50 bits per heavy atom. The highest BCUT2D eigenvalue weighted by Gasteiger charge is 2.31. The zero-order valence-corrected chi connectivity index (χ0v) is 18.8. The number of aryl methyl sites for hydroxylation is 2. The number of hydrogen-bond donors (Lipinski definition) is 0. The third-order valence-electron chi connectivity index (χ3n) is 6.32. The lowest BCUT2D eigenvalue weighted by Crippen LogP contribution is -2.48. The molecule has 8 heteroatoms. The molecule has 0 unspecified atom stereocenters. The Bertz CT molecular complexity index is 1200. The first-order valence-electron chi connectivity index (χ1n) is 11.5. The fourth-order valence-corrected chi connectivity index (χ4v) is 4.54. The van der Waals surface area contributed by atoms with E-state index in [0.29, 0.717) is 38.4 Å². The Hall–Kier alpha value is -3.65. The van der Waals surface area contributed by atoms with Crippen molar-refractivity contribution < 1.29 is 8.78 Å². The van der Waals surface area contributed by atoms with E-state index in [1.807, 2.05) is 35.0 Å². The summed E-state index contributed by atoms with van der Waals surface area (Å²) in [4.78, 5) is 4.35. The van der Waals surface area contributed by atoms with E-state index in [4.69, 9.17) is 0 Å². The largest absolute Gasteiger partial charge is 0.367 e. The quantitative estimate of drug-likeness (QED) is 0.416. The number of benzene rings is 3. The number of hydrogen-bond acceptors (Lipinski definition) is 5. The molecule has 1 atom stereocenters. The fourth-order valence-electron chi connectivity index (χ4n) is 4.54. The van der Waals surface area contributed by atoms with Crippen molar-refractivity contribution in [2.75, 3.05) is 31.1 Å². The molecular formula is C26H26F2N6. The van der Waals surface area contributed by atoms with Gasteiger partial charge < -0.3 is 4.90 Å². The molecule has 1 aliphatic heterocycles. The molecule has 4 aromatic rings. The van der Waals surface area contributed by atoms with Gasteiger partial charge in [0.05, 0.1) is 11.7 Å². The summed E-state index contributed by atoms with van der Waals surface area (Å²) >= 11 is 0. The highest BCUT2D eigenvalue weighted by atomic mass is 19.1. The number of nitrogens with zero attached hydrogens (tertiary/aromatic N) is 6. The lowest BCUT2D eigenvalue weighted by molar-refractivity contribution is 0.200. The molecule has 5 rings (SSSR count). The van der Waals surface area contributed by atoms with Crippen molar-refractivity contribution in [1.82, 2.24) is 25.1 Å². The molecule has 3 aromatic carbocycles. The molecule has 1 aliphatic rings. The average Bonchev–Trinajstić information content (AvgIpc) is 3.34. The molecule has 0 N–H and O–H groups in total. The van der Waals surface area contributed by atoms with Crippen LogP contribution < -0.4 is 4.90 Å². The molecule has 0 amide bonds. The maximum Gasteiger partial charge on any atom is 0.173 e. The van der Waals surface area contributed by atoms with Crippen molar-refractivity contribution in [1.29, 1.82) is 0 Å². The van der Waals surface area contributed by atoms with Crippen molar-refractivity contribution in [3.63, 3.8) is 0 Å². The van der Waals surface area contributed by atoms with Gasteiger partial charge in [0.1, 0.15) is 11.6 Å². The molecule has 34 heavy (non-hydrogen) atoms. The van der Waals surface area contributed by atoms with Crippen LogP contribution in [0.4, 0.5) is 14.5 Å². The summed E-state index contributed by atoms with van der Waals surface area (Å²) in [7, 11) is 0. The summed E-state index contributed by atoms with van der Waals surface area (Å²) < 4.78 is 29.8. The van der Waals surface area contributed by atoms with Crippen LogP contribution in [0, 0.1) is 11.6 Å². The molecule has 174 valence electrons. The number of rotatable bonds is 7. The third kappa shape index (κ3) is 4.82. The first-order chi connectivity index (χ1) is 16.7. The topological polar surface area (TPSA) is 50.1 Å². The Morgan fingerprint density at radius 1 is 0.794 bits per heavy atom. The van der Waals surface area contributed by atoms with Crippen LogP contribution in [0.3, 0.4) is 0 Å². The fraction of sp³-hybridized carbons (Fsp3) is 0.269. The Balaban J connectivity index is 1.39. The Labute approximate surface area is 197 Å². The van der Waals surface area contributed by atoms with Crippen LogP contribution in [-0.4, -0.2) is 51.3 Å². The summed E-state index contributed by atoms with van der Waals surface area (Å²) in [6, 6.07) is 23.4. The molecule has 0 saturated carbocycles. The minimum atomic E-state index is -0.282. The van der Waals surface area contributed by atoms with E-state index in [9.17, 15) is 8.78 Å². The predicted molar refractivity (Wildman–Crippen MR) is 126 cm³/mol. The second-order valence-corrected chi connectivity index (χ2v) is 8.42. The van der Waals surface area contributed by atoms with Gasteiger partial charge in [0.25, 0.3) is 0 Å². The molecule has 0 bridgehead atoms. The van der Waals surface area contributed by atoms with Crippen LogP contribution in [0.2, 0.25) is 0 Å². The minimum absolute atomic E-state index is 0.212. The summed E-state index contributed by atoms with van der Waals surface area (Å²) in [5.74, 6) is 0.230. The van der Waals surface area contributed by atoms with E-state index in [1.165, 1.54) is 23.8 Å². The van der Waals surface area contributed by atoms with Crippen molar-refractivity contribution in [2.45, 2.75) is 19.0 Å². The van der Waals surface area contributed by atoms with E-state index in [-0.39, 0.29) is 17.7 Å². The summed E-state index contributed by atoms with van der Waals surface area (Å²) in [5, 5.41) is 12.6. The van der Waals surface area contributed by atoms with Crippen molar-refractivity contribution >= 4 is 5.69 Å². The molecule has 0 radical (unpaired) electrons. The van der Waals surface area contributed by atoms with Crippen LogP contribution in [0.15, 0.2) is 78.9 Å². The summed E-state index contributed by atoms with van der Waals surface area (Å²) in [6.45, 7) is 3.37. The van der Waals surface area contributed by atoms with Crippen molar-refractivity contribution in [3.05, 3.63) is 107 Å². The minimum Gasteiger partial charge on any atom is -0.367 e. The van der Waals surface area contributed by atoms with Gasteiger partial charge in [0.2, 0.25) is 0 Å². The normalized spacial score (nSPS) is 15.4. The second kappa shape index (κ2) is 10.1. The number of piperazine rings is 1. The Morgan fingerprint density at radius 3 is 2.24 bits per heavy atom. The summed E-state index contributed by atoms with van der Waals surface area (Å²) in [6.07, 6.45) is 0.802. The maximum absolute atomic E-state index is 14.3. The van der Waals surface area contributed by atoms with E-state index in [2.05, 4.69) is 37.5 Å². The number of para-hydroxylation sites is 1. The molecule has 6 nitrogen and oxygen atoms in total. The zero-order valence-electron chi connectivity index (χ0n) is 18.8. The molecular weight excluding hydrogens is 434 g/mol. The van der Waals surface area contributed by atoms with Gasteiger partial charge in [-0.25, -0.2) is 13.5 Å². The lowest BCUT2D eigenvalue weighted by Gasteiger charge is -2.40. The zero-order chi connectivity index (χ0) is 23.3. The monoisotopic (exact) mass is 460 g/mol. The van der Waals surface area contributed by atoms with Gasteiger partial charge in [-0.15, -0.1) is 5.10 Å². The molecule has 1 saturated heterocycles. The van der Waals surface area contributed by atoms with Crippen molar-refractivity contribution in [2.24, 2.45) is 0 Å². The van der Waals surface area contributed by atoms with Gasteiger partial charge in [-0.3, -0.25) is 4.90 Å². The number of anilines is 1. The summed E-state index contributed by atoms with van der Waals surface area (Å²) in [5.41, 5.74) is 2.76. The van der Waals surface area contributed by atoms with Gasteiger partial charge in [0.15, 0.2) is 5.82 Å². The van der Waals surface area contributed by atoms with E-state index in [1.54, 1.807) is 18.2 Å². The molecule has 1 fully saturated rings. The standard InChI is InChI=1S/C26H26F2N6/c27-22-12-10-21(11-13-22)25(26-29-30-31-34(26)15-14-20-6-2-1-3-7-20)33-18-16-32(17-19-33)24-9-5-4-8-23(24)28/h1-13,25H,14-19H2/t25-/m1/s1. The SMILES string of the molecule is Fc1ccc([C@H](c2nnnn2CCc2ccccc2)N2CCN(c3ccccc3F)CC2)cc1. The third-order valence-corrected chi connectivity index (χ3v) is 6.32. The molecule has 1 aromatic heterocycles. The van der Waals surface area contributed by atoms with Gasteiger partial charge >= 0.3 is 0 Å². The first kappa shape index (κ1) is 22.2. The van der Waals surface area contributed by atoms with Crippen molar-refractivity contribution in [3.8, 4) is 0 Å². The van der Waals surface area contributed by atoms with E-state index >= 15 is 0 Å². The molecule has 0 spiro atoms. The van der Waals surface area contributed by atoms with Crippen LogP contribution >= 0.6 is 0 Å².